The fourth-order valence-electron chi connectivity index (χ4n) is 7.02. The van der Waals surface area contributed by atoms with E-state index < -0.39 is 29.6 Å². The second kappa shape index (κ2) is 10.1. The van der Waals surface area contributed by atoms with Crippen LogP contribution in [0, 0.1) is 25.7 Å². The van der Waals surface area contributed by atoms with Crippen molar-refractivity contribution in [2.24, 2.45) is 11.8 Å². The quantitative estimate of drug-likeness (QED) is 0.513. The van der Waals surface area contributed by atoms with E-state index in [0.717, 1.165) is 42.4 Å². The van der Waals surface area contributed by atoms with E-state index in [2.05, 4.69) is 10.6 Å². The molecular weight excluding hydrogens is 514 g/mol. The summed E-state index contributed by atoms with van der Waals surface area (Å²) in [6.07, 6.45) is 8.34. The van der Waals surface area contributed by atoms with Gasteiger partial charge in [0.1, 0.15) is 11.6 Å². The number of halogens is 1. The first kappa shape index (κ1) is 26.1. The normalized spacial score (nSPS) is 29.5. The molecule has 8 heteroatoms. The average molecular weight is 548 g/mol. The molecule has 3 amide bonds. The van der Waals surface area contributed by atoms with Crippen LogP contribution in [0.15, 0.2) is 54.6 Å². The largest absolute Gasteiger partial charge is 0.359 e. The molecule has 2 bridgehead atoms. The minimum atomic E-state index is -1.18. The van der Waals surface area contributed by atoms with Crippen molar-refractivity contribution in [3.05, 3.63) is 76.3 Å². The van der Waals surface area contributed by atoms with Gasteiger partial charge in [-0.2, -0.15) is 0 Å². The molecular formula is C31H34ClN3O4. The van der Waals surface area contributed by atoms with Gasteiger partial charge in [0.05, 0.1) is 17.9 Å². The first-order valence-corrected chi connectivity index (χ1v) is 14.2. The smallest absolute Gasteiger partial charge is 0.246 e. The number of aryl methyl sites for hydroxylation is 2. The van der Waals surface area contributed by atoms with E-state index in [9.17, 15) is 14.4 Å². The number of ether oxygens (including phenoxy) is 1. The van der Waals surface area contributed by atoms with Crippen molar-refractivity contribution in [2.75, 3.05) is 5.32 Å². The van der Waals surface area contributed by atoms with Crippen LogP contribution < -0.4 is 10.6 Å². The van der Waals surface area contributed by atoms with Crippen LogP contribution in [0.1, 0.15) is 48.8 Å². The lowest BCUT2D eigenvalue weighted by Crippen LogP contribution is -2.56. The van der Waals surface area contributed by atoms with Gasteiger partial charge in [0, 0.05) is 23.3 Å². The van der Waals surface area contributed by atoms with Gasteiger partial charge in [0.25, 0.3) is 0 Å². The average Bonchev–Trinajstić information content (AvgIpc) is 3.53. The Kier molecular flexibility index (Phi) is 6.76. The lowest BCUT2D eigenvalue weighted by atomic mass is 9.74. The molecule has 5 atom stereocenters. The Bertz CT molecular complexity index is 1320. The zero-order valence-corrected chi connectivity index (χ0v) is 23.0. The zero-order valence-electron chi connectivity index (χ0n) is 22.3. The van der Waals surface area contributed by atoms with Crippen LogP contribution >= 0.6 is 11.6 Å². The summed E-state index contributed by atoms with van der Waals surface area (Å²) in [5.74, 6) is -2.24. The molecule has 2 saturated heterocycles. The highest BCUT2D eigenvalue weighted by Crippen LogP contribution is 2.55. The van der Waals surface area contributed by atoms with E-state index in [1.54, 1.807) is 17.0 Å². The summed E-state index contributed by atoms with van der Waals surface area (Å²) in [6.45, 7) is 4.18. The number of likely N-dealkylation sites (tertiary alicyclic amines) is 1. The summed E-state index contributed by atoms with van der Waals surface area (Å²) in [7, 11) is 0. The van der Waals surface area contributed by atoms with Crippen LogP contribution in [0.3, 0.4) is 0 Å². The van der Waals surface area contributed by atoms with Crippen molar-refractivity contribution in [3.63, 3.8) is 0 Å². The number of carbonyl (C=O) groups is 3. The van der Waals surface area contributed by atoms with Crippen LogP contribution in [0.4, 0.5) is 5.69 Å². The van der Waals surface area contributed by atoms with Crippen molar-refractivity contribution in [2.45, 2.75) is 76.3 Å². The summed E-state index contributed by atoms with van der Waals surface area (Å²) >= 11 is 6.09. The molecule has 1 spiro atoms. The maximum atomic E-state index is 14.2. The maximum Gasteiger partial charge on any atom is 0.246 e. The van der Waals surface area contributed by atoms with Crippen LogP contribution in [-0.2, 0) is 25.7 Å². The molecule has 3 aliphatic heterocycles. The van der Waals surface area contributed by atoms with Crippen molar-refractivity contribution in [1.82, 2.24) is 10.2 Å². The Hall–Kier alpha value is -3.16. The van der Waals surface area contributed by atoms with Crippen molar-refractivity contribution < 1.29 is 19.1 Å². The minimum Gasteiger partial charge on any atom is -0.359 e. The topological polar surface area (TPSA) is 87.7 Å². The van der Waals surface area contributed by atoms with E-state index >= 15 is 0 Å². The van der Waals surface area contributed by atoms with Gasteiger partial charge in [-0.25, -0.2) is 0 Å². The maximum absolute atomic E-state index is 14.2. The highest BCUT2D eigenvalue weighted by Gasteiger charge is 2.72. The third-order valence-corrected chi connectivity index (χ3v) is 8.88. The van der Waals surface area contributed by atoms with Gasteiger partial charge in [-0.15, -0.1) is 0 Å². The van der Waals surface area contributed by atoms with Gasteiger partial charge < -0.3 is 20.3 Å². The monoisotopic (exact) mass is 547 g/mol. The first-order chi connectivity index (χ1) is 18.7. The van der Waals surface area contributed by atoms with Gasteiger partial charge >= 0.3 is 0 Å². The molecule has 4 aliphatic rings. The zero-order chi connectivity index (χ0) is 27.3. The number of nitrogens with one attached hydrogen (secondary N) is 2. The Balaban J connectivity index is 1.32. The SMILES string of the molecule is Cc1cc(C)cc(NC(=O)[C@H]2[C@@H]3C=C[C@]4(O3)[C@@H]2C(=O)N(Cc2ccc(Cl)cc2)[C@H]4C(=O)NC2CCCCC2)c1. The highest BCUT2D eigenvalue weighted by molar-refractivity contribution is 6.30. The summed E-state index contributed by atoms with van der Waals surface area (Å²) in [6, 6.07) is 12.3. The number of anilines is 1. The lowest BCUT2D eigenvalue weighted by Gasteiger charge is -2.34. The molecule has 2 aromatic rings. The number of nitrogens with zero attached hydrogens (tertiary/aromatic N) is 1. The van der Waals surface area contributed by atoms with Gasteiger partial charge in [-0.3, -0.25) is 14.4 Å². The van der Waals surface area contributed by atoms with Gasteiger partial charge in [-0.1, -0.05) is 61.2 Å². The summed E-state index contributed by atoms with van der Waals surface area (Å²) in [4.78, 5) is 43.4. The van der Waals surface area contributed by atoms with Crippen molar-refractivity contribution in [3.8, 4) is 0 Å². The van der Waals surface area contributed by atoms with Gasteiger partial charge in [0.15, 0.2) is 0 Å². The van der Waals surface area contributed by atoms with Crippen LogP contribution in [-0.4, -0.2) is 46.4 Å². The van der Waals surface area contributed by atoms with Crippen molar-refractivity contribution in [1.29, 1.82) is 0 Å². The molecule has 3 fully saturated rings. The molecule has 39 heavy (non-hydrogen) atoms. The molecule has 1 saturated carbocycles. The Labute approximate surface area is 233 Å². The second-order valence-corrected chi connectivity index (χ2v) is 11.9. The second-order valence-electron chi connectivity index (χ2n) is 11.5. The van der Waals surface area contributed by atoms with E-state index in [0.29, 0.717) is 10.7 Å². The van der Waals surface area contributed by atoms with Crippen LogP contribution in [0.25, 0.3) is 0 Å². The molecule has 6 rings (SSSR count). The van der Waals surface area contributed by atoms with Crippen molar-refractivity contribution >= 4 is 35.0 Å². The third-order valence-electron chi connectivity index (χ3n) is 8.63. The van der Waals surface area contributed by atoms with Gasteiger partial charge in [0.2, 0.25) is 17.7 Å². The van der Waals surface area contributed by atoms with Gasteiger partial charge in [-0.05, 0) is 67.6 Å². The number of amides is 3. The molecule has 3 heterocycles. The number of hydrogen-bond acceptors (Lipinski definition) is 4. The minimum absolute atomic E-state index is 0.0837. The van der Waals surface area contributed by atoms with E-state index in [1.807, 2.05) is 56.3 Å². The predicted octanol–water partition coefficient (Wildman–Crippen LogP) is 4.70. The Morgan fingerprint density at radius 1 is 1.03 bits per heavy atom. The highest BCUT2D eigenvalue weighted by atomic mass is 35.5. The third kappa shape index (κ3) is 4.66. The summed E-state index contributed by atoms with van der Waals surface area (Å²) in [5, 5.41) is 6.85. The van der Waals surface area contributed by atoms with E-state index in [4.69, 9.17) is 16.3 Å². The van der Waals surface area contributed by atoms with Crippen LogP contribution in [0.5, 0.6) is 0 Å². The molecule has 2 aromatic carbocycles. The van der Waals surface area contributed by atoms with E-state index in [-0.39, 0.29) is 30.3 Å². The van der Waals surface area contributed by atoms with E-state index in [1.165, 1.54) is 6.42 Å². The number of carbonyl (C=O) groups excluding carboxylic acids is 3. The standard InChI is InChI=1S/C31H34ClN3O4/c1-18-14-19(2)16-23(15-18)34-28(36)25-24-12-13-31(39-24)26(25)30(38)35(17-20-8-10-21(32)11-9-20)27(31)29(37)33-22-6-4-3-5-7-22/h8-16,22,24-27H,3-7,17H2,1-2H3,(H,33,37)(H,34,36)/t24-,25-,26-,27-,31-/m0/s1. The number of benzene rings is 2. The number of fused-ring (bicyclic) bond motifs is 1. The molecule has 0 radical (unpaired) electrons. The fraction of sp³-hybridized carbons (Fsp3) is 0.452. The lowest BCUT2D eigenvalue weighted by molar-refractivity contribution is -0.142. The summed E-state index contributed by atoms with van der Waals surface area (Å²) < 4.78 is 6.47. The molecule has 204 valence electrons. The number of hydrogen-bond donors (Lipinski definition) is 2. The molecule has 7 nitrogen and oxygen atoms in total. The van der Waals surface area contributed by atoms with Crippen LogP contribution in [0.2, 0.25) is 5.02 Å². The fourth-order valence-corrected chi connectivity index (χ4v) is 7.15. The first-order valence-electron chi connectivity index (χ1n) is 13.9. The summed E-state index contributed by atoms with van der Waals surface area (Å²) in [5.41, 5.74) is 2.44. The molecule has 1 aliphatic carbocycles. The Morgan fingerprint density at radius 2 is 1.72 bits per heavy atom. The molecule has 2 N–H and O–H groups in total. The molecule has 0 aromatic heterocycles. The number of rotatable bonds is 6. The Morgan fingerprint density at radius 3 is 2.41 bits per heavy atom. The predicted molar refractivity (Wildman–Crippen MR) is 149 cm³/mol. The molecule has 0 unspecified atom stereocenters.